The number of rotatable bonds is 7. The van der Waals surface area contributed by atoms with Crippen LogP contribution in [-0.2, 0) is 4.74 Å². The minimum atomic E-state index is -0.154. The molecule has 1 aliphatic rings. The molecule has 0 spiro atoms. The highest BCUT2D eigenvalue weighted by Gasteiger charge is 2.20. The maximum absolute atomic E-state index is 12.7. The van der Waals surface area contributed by atoms with E-state index < -0.39 is 0 Å². The number of ether oxygens (including phenoxy) is 1. The van der Waals surface area contributed by atoms with E-state index in [1.165, 1.54) is 16.2 Å². The van der Waals surface area contributed by atoms with Crippen molar-refractivity contribution in [2.75, 3.05) is 51.3 Å². The predicted octanol–water partition coefficient (Wildman–Crippen LogP) is 2.48. The maximum Gasteiger partial charge on any atom is 0.268 e. The van der Waals surface area contributed by atoms with Crippen LogP contribution >= 0.6 is 11.3 Å². The van der Waals surface area contributed by atoms with Gasteiger partial charge in [0.25, 0.3) is 11.8 Å². The summed E-state index contributed by atoms with van der Waals surface area (Å²) < 4.78 is 5.34. The zero-order valence-corrected chi connectivity index (χ0v) is 16.3. The van der Waals surface area contributed by atoms with Crippen molar-refractivity contribution >= 4 is 28.8 Å². The molecule has 2 amide bonds. The summed E-state index contributed by atoms with van der Waals surface area (Å²) in [4.78, 5) is 29.8. The zero-order valence-electron chi connectivity index (χ0n) is 15.5. The molecule has 2 heterocycles. The summed E-state index contributed by atoms with van der Waals surface area (Å²) in [5, 5.41) is 4.84. The number of amides is 2. The minimum absolute atomic E-state index is 0.113. The van der Waals surface area contributed by atoms with E-state index in [-0.39, 0.29) is 11.8 Å². The molecule has 0 unspecified atom stereocenters. The molecular weight excluding hydrogens is 362 g/mol. The summed E-state index contributed by atoms with van der Waals surface area (Å²) >= 11 is 1.39. The van der Waals surface area contributed by atoms with Crippen molar-refractivity contribution in [1.29, 1.82) is 0 Å². The summed E-state index contributed by atoms with van der Waals surface area (Å²) in [5.41, 5.74) is 1.12. The monoisotopic (exact) mass is 387 g/mol. The van der Waals surface area contributed by atoms with E-state index in [4.69, 9.17) is 4.74 Å². The van der Waals surface area contributed by atoms with Crippen molar-refractivity contribution < 1.29 is 14.3 Å². The number of benzene rings is 1. The van der Waals surface area contributed by atoms with Gasteiger partial charge < -0.3 is 15.0 Å². The average molecular weight is 388 g/mol. The molecule has 144 valence electrons. The quantitative estimate of drug-likeness (QED) is 0.742. The Morgan fingerprint density at radius 2 is 1.96 bits per heavy atom. The summed E-state index contributed by atoms with van der Waals surface area (Å²) in [6, 6.07) is 10.8. The normalized spacial score (nSPS) is 14.7. The molecule has 1 aromatic heterocycles. The molecule has 2 aromatic rings. The van der Waals surface area contributed by atoms with Crippen LogP contribution in [-0.4, -0.2) is 63.2 Å². The van der Waals surface area contributed by atoms with Gasteiger partial charge in [0.15, 0.2) is 0 Å². The Kier molecular flexibility index (Phi) is 6.98. The molecule has 6 nitrogen and oxygen atoms in total. The number of carbonyl (C=O) groups is 2. The second-order valence-electron chi connectivity index (χ2n) is 6.42. The highest BCUT2D eigenvalue weighted by Crippen LogP contribution is 2.22. The molecule has 1 N–H and O–H groups in total. The smallest absolute Gasteiger partial charge is 0.268 e. The molecule has 0 saturated carbocycles. The topological polar surface area (TPSA) is 61.9 Å². The molecule has 0 atom stereocenters. The first kappa shape index (κ1) is 19.5. The lowest BCUT2D eigenvalue weighted by atomic mass is 10.1. The van der Waals surface area contributed by atoms with Gasteiger partial charge in [0.05, 0.1) is 29.3 Å². The number of hydrogen-bond acceptors (Lipinski definition) is 5. The van der Waals surface area contributed by atoms with Crippen LogP contribution in [0.3, 0.4) is 0 Å². The fraction of sp³-hybridized carbons (Fsp3) is 0.400. The van der Waals surface area contributed by atoms with E-state index in [1.807, 2.05) is 23.6 Å². The fourth-order valence-corrected chi connectivity index (χ4v) is 3.76. The van der Waals surface area contributed by atoms with Crippen LogP contribution in [0.5, 0.6) is 0 Å². The number of nitrogens with zero attached hydrogens (tertiary/aromatic N) is 2. The number of carbonyl (C=O) groups excluding carboxylic acids is 2. The van der Waals surface area contributed by atoms with Crippen LogP contribution in [0.15, 0.2) is 41.8 Å². The van der Waals surface area contributed by atoms with Crippen LogP contribution in [0, 0.1) is 0 Å². The number of hydrogen-bond donors (Lipinski definition) is 1. The third-order valence-electron chi connectivity index (χ3n) is 4.59. The molecular formula is C20H25N3O3S. The molecule has 0 radical (unpaired) electrons. The fourth-order valence-electron chi connectivity index (χ4n) is 3.06. The van der Waals surface area contributed by atoms with Gasteiger partial charge in [0.1, 0.15) is 0 Å². The Labute approximate surface area is 163 Å². The molecule has 1 saturated heterocycles. The van der Waals surface area contributed by atoms with Crippen molar-refractivity contribution in [3.8, 4) is 0 Å². The first-order chi connectivity index (χ1) is 13.2. The van der Waals surface area contributed by atoms with Gasteiger partial charge in [-0.15, -0.1) is 11.3 Å². The first-order valence-corrected chi connectivity index (χ1v) is 10.0. The largest absolute Gasteiger partial charge is 0.379 e. The predicted molar refractivity (Wildman–Crippen MR) is 108 cm³/mol. The van der Waals surface area contributed by atoms with E-state index in [0.29, 0.717) is 22.7 Å². The van der Waals surface area contributed by atoms with E-state index in [0.717, 1.165) is 39.3 Å². The van der Waals surface area contributed by atoms with Gasteiger partial charge in [0.2, 0.25) is 0 Å². The molecule has 3 rings (SSSR count). The van der Waals surface area contributed by atoms with Crippen molar-refractivity contribution in [3.63, 3.8) is 0 Å². The summed E-state index contributed by atoms with van der Waals surface area (Å²) in [6.07, 6.45) is 0.887. The van der Waals surface area contributed by atoms with E-state index in [2.05, 4.69) is 10.2 Å². The third kappa shape index (κ3) is 5.15. The van der Waals surface area contributed by atoms with Gasteiger partial charge in [-0.25, -0.2) is 0 Å². The highest BCUT2D eigenvalue weighted by molar-refractivity contribution is 7.12. The maximum atomic E-state index is 12.7. The minimum Gasteiger partial charge on any atom is -0.379 e. The molecule has 7 heteroatoms. The Hall–Kier alpha value is -2.22. The number of anilines is 1. The lowest BCUT2D eigenvalue weighted by molar-refractivity contribution is 0.0374. The molecule has 1 aromatic carbocycles. The Morgan fingerprint density at radius 1 is 1.19 bits per heavy atom. The van der Waals surface area contributed by atoms with Crippen LogP contribution in [0.25, 0.3) is 0 Å². The van der Waals surface area contributed by atoms with Crippen molar-refractivity contribution in [3.05, 3.63) is 52.2 Å². The lowest BCUT2D eigenvalue weighted by Gasteiger charge is -2.26. The van der Waals surface area contributed by atoms with E-state index in [1.54, 1.807) is 25.2 Å². The second kappa shape index (κ2) is 9.64. The SMILES string of the molecule is CN(C(=O)c1cccs1)c1ccccc1C(=O)NCCCN1CCOCC1. The summed E-state index contributed by atoms with van der Waals surface area (Å²) in [5.74, 6) is -0.268. The van der Waals surface area contributed by atoms with Crippen LogP contribution in [0.4, 0.5) is 5.69 Å². The molecule has 1 fully saturated rings. The second-order valence-corrected chi connectivity index (χ2v) is 7.37. The van der Waals surface area contributed by atoms with E-state index in [9.17, 15) is 9.59 Å². The average Bonchev–Trinajstić information content (AvgIpc) is 3.25. The van der Waals surface area contributed by atoms with Crippen LogP contribution in [0.1, 0.15) is 26.5 Å². The Bertz CT molecular complexity index is 758. The highest BCUT2D eigenvalue weighted by atomic mass is 32.1. The third-order valence-corrected chi connectivity index (χ3v) is 5.44. The summed E-state index contributed by atoms with van der Waals surface area (Å²) in [7, 11) is 1.70. The Balaban J connectivity index is 1.57. The lowest BCUT2D eigenvalue weighted by Crippen LogP contribution is -2.38. The van der Waals surface area contributed by atoms with Gasteiger partial charge >= 0.3 is 0 Å². The molecule has 0 bridgehead atoms. The number of thiophene rings is 1. The molecule has 1 aliphatic heterocycles. The van der Waals surface area contributed by atoms with Crippen molar-refractivity contribution in [2.24, 2.45) is 0 Å². The Morgan fingerprint density at radius 3 is 2.70 bits per heavy atom. The zero-order chi connectivity index (χ0) is 19.1. The number of para-hydroxylation sites is 1. The summed E-state index contributed by atoms with van der Waals surface area (Å²) in [6.45, 7) is 5.02. The van der Waals surface area contributed by atoms with Gasteiger partial charge in [0, 0.05) is 26.7 Å². The van der Waals surface area contributed by atoms with Gasteiger partial charge in [-0.2, -0.15) is 0 Å². The number of morpholine rings is 1. The molecule has 0 aliphatic carbocycles. The van der Waals surface area contributed by atoms with Crippen LogP contribution in [0.2, 0.25) is 0 Å². The van der Waals surface area contributed by atoms with Gasteiger partial charge in [-0.05, 0) is 36.5 Å². The van der Waals surface area contributed by atoms with Gasteiger partial charge in [-0.3, -0.25) is 14.5 Å². The first-order valence-electron chi connectivity index (χ1n) is 9.15. The number of nitrogens with one attached hydrogen (secondary N) is 1. The molecule has 27 heavy (non-hydrogen) atoms. The van der Waals surface area contributed by atoms with Crippen molar-refractivity contribution in [2.45, 2.75) is 6.42 Å². The van der Waals surface area contributed by atoms with Gasteiger partial charge in [-0.1, -0.05) is 18.2 Å². The standard InChI is InChI=1S/C20H25N3O3S/c1-22(20(25)18-8-4-15-27-18)17-7-3-2-6-16(17)19(24)21-9-5-10-23-11-13-26-14-12-23/h2-4,6-8,15H,5,9-14H2,1H3,(H,21,24). The van der Waals surface area contributed by atoms with Crippen LogP contribution < -0.4 is 10.2 Å². The van der Waals surface area contributed by atoms with Crippen molar-refractivity contribution in [1.82, 2.24) is 10.2 Å². The van der Waals surface area contributed by atoms with E-state index >= 15 is 0 Å².